The van der Waals surface area contributed by atoms with Gasteiger partial charge in [0.25, 0.3) is 0 Å². The number of nitrogens with zero attached hydrogens (tertiary/aromatic N) is 2. The van der Waals surface area contributed by atoms with Gasteiger partial charge in [-0.15, -0.1) is 71.1 Å². The summed E-state index contributed by atoms with van der Waals surface area (Å²) < 4.78 is 0. The molecular weight excluding hydrogens is 523 g/mol. The molecule has 0 N–H and O–H groups in total. The Labute approximate surface area is 181 Å². The molecule has 0 saturated carbocycles. The molecule has 1 heterocycles. The summed E-state index contributed by atoms with van der Waals surface area (Å²) in [6.45, 7) is 0. The van der Waals surface area contributed by atoms with E-state index in [4.69, 9.17) is 0 Å². The van der Waals surface area contributed by atoms with Gasteiger partial charge < -0.3 is 10.3 Å². The van der Waals surface area contributed by atoms with Gasteiger partial charge in [-0.1, -0.05) is 36.6 Å². The zero-order valence-electron chi connectivity index (χ0n) is 15.8. The molecule has 1 aliphatic carbocycles. The molecule has 0 bridgehead atoms. The van der Waals surface area contributed by atoms with Crippen molar-refractivity contribution in [2.24, 2.45) is 0 Å². The number of pyridine rings is 1. The first kappa shape index (κ1) is 20.3. The van der Waals surface area contributed by atoms with Crippen LogP contribution in [0.4, 0.5) is 5.69 Å². The third-order valence-electron chi connectivity index (χ3n) is 4.88. The Morgan fingerprint density at radius 3 is 2.50 bits per heavy atom. The summed E-state index contributed by atoms with van der Waals surface area (Å²) in [6.07, 6.45) is 5.35. The van der Waals surface area contributed by atoms with Crippen molar-refractivity contribution in [1.29, 1.82) is 0 Å². The minimum atomic E-state index is 0. The third kappa shape index (κ3) is 4.34. The summed E-state index contributed by atoms with van der Waals surface area (Å²) in [4.78, 5) is 4.49. The summed E-state index contributed by atoms with van der Waals surface area (Å²) in [5.74, 6) is 0. The number of fused-ring (bicyclic) bond motifs is 4. The van der Waals surface area contributed by atoms with E-state index in [-0.39, 0.29) is 21.1 Å². The summed E-state index contributed by atoms with van der Waals surface area (Å²) in [7, 11) is 1.80. The fourth-order valence-electron chi connectivity index (χ4n) is 3.56. The Morgan fingerprint density at radius 1 is 0.857 bits per heavy atom. The number of hydrogen-bond donors (Lipinski definition) is 0. The minimum absolute atomic E-state index is 0. The van der Waals surface area contributed by atoms with Gasteiger partial charge in [-0.2, -0.15) is 12.4 Å². The molecule has 3 heteroatoms. The quantitative estimate of drug-likeness (QED) is 0.258. The van der Waals surface area contributed by atoms with Gasteiger partial charge in [0.05, 0.1) is 0 Å². The van der Waals surface area contributed by atoms with E-state index in [1.54, 1.807) is 7.05 Å². The van der Waals surface area contributed by atoms with Crippen molar-refractivity contribution in [2.45, 2.75) is 19.3 Å². The second kappa shape index (κ2) is 9.66. The van der Waals surface area contributed by atoms with Crippen LogP contribution in [-0.2, 0) is 33.9 Å². The van der Waals surface area contributed by atoms with Gasteiger partial charge in [0.15, 0.2) is 0 Å². The monoisotopic (exact) mass is 544 g/mol. The molecule has 0 unspecified atom stereocenters. The van der Waals surface area contributed by atoms with Crippen LogP contribution in [0.3, 0.4) is 0 Å². The normalized spacial score (nSPS) is 11.8. The Balaban J connectivity index is 0.000000159. The van der Waals surface area contributed by atoms with E-state index in [1.165, 1.54) is 28.5 Å². The first-order chi connectivity index (χ1) is 13.4. The topological polar surface area (TPSA) is 27.0 Å². The molecule has 0 amide bonds. The van der Waals surface area contributed by atoms with Crippen LogP contribution in [-0.4, -0.2) is 12.0 Å². The zero-order chi connectivity index (χ0) is 18.5. The van der Waals surface area contributed by atoms with Crippen LogP contribution in [0.2, 0.25) is 0 Å². The van der Waals surface area contributed by atoms with Crippen LogP contribution in [0.25, 0.3) is 27.3 Å². The number of hydrogen-bond acceptors (Lipinski definition) is 1. The number of rotatable bonds is 1. The van der Waals surface area contributed by atoms with E-state index < -0.39 is 0 Å². The molecule has 0 saturated heterocycles. The molecule has 3 aromatic carbocycles. The van der Waals surface area contributed by atoms with Gasteiger partial charge in [-0.25, -0.2) is 5.69 Å². The zero-order valence-corrected chi connectivity index (χ0v) is 18.0. The van der Waals surface area contributed by atoms with Crippen molar-refractivity contribution in [1.82, 2.24) is 4.98 Å². The maximum atomic E-state index is 4.49. The average molecular weight is 545 g/mol. The van der Waals surface area contributed by atoms with Crippen molar-refractivity contribution < 1.29 is 21.1 Å². The molecule has 0 atom stereocenters. The van der Waals surface area contributed by atoms with Gasteiger partial charge in [-0.3, -0.25) is 0 Å². The molecule has 0 fully saturated rings. The van der Waals surface area contributed by atoms with Gasteiger partial charge in [0.1, 0.15) is 0 Å². The molecule has 4 aromatic rings. The van der Waals surface area contributed by atoms with E-state index in [0.29, 0.717) is 0 Å². The van der Waals surface area contributed by atoms with Crippen LogP contribution in [0.1, 0.15) is 17.5 Å². The number of benzene rings is 3. The van der Waals surface area contributed by atoms with E-state index in [2.05, 4.69) is 52.8 Å². The van der Waals surface area contributed by atoms with Crippen LogP contribution < -0.4 is 0 Å². The Hall–Kier alpha value is -2.44. The van der Waals surface area contributed by atoms with Crippen molar-refractivity contribution in [3.05, 3.63) is 102 Å². The molecule has 1 aromatic heterocycles. The molecule has 0 aliphatic heterocycles. The van der Waals surface area contributed by atoms with E-state index in [1.807, 2.05) is 42.6 Å². The predicted molar refractivity (Wildman–Crippen MR) is 112 cm³/mol. The summed E-state index contributed by atoms with van der Waals surface area (Å²) in [5, 5.41) is 6.46. The molecule has 28 heavy (non-hydrogen) atoms. The molecular formula is C25H21N2Pt-3. The summed E-state index contributed by atoms with van der Waals surface area (Å²) in [6, 6.07) is 29.0. The van der Waals surface area contributed by atoms with Crippen LogP contribution in [0, 0.1) is 12.1 Å². The van der Waals surface area contributed by atoms with E-state index in [9.17, 15) is 0 Å². The van der Waals surface area contributed by atoms with Gasteiger partial charge >= 0.3 is 0 Å². The predicted octanol–water partition coefficient (Wildman–Crippen LogP) is 6.31. The van der Waals surface area contributed by atoms with Crippen LogP contribution in [0.15, 0.2) is 72.9 Å². The van der Waals surface area contributed by atoms with Crippen molar-refractivity contribution in [3.8, 4) is 11.3 Å². The summed E-state index contributed by atoms with van der Waals surface area (Å²) in [5.41, 5.74) is 6.08. The summed E-state index contributed by atoms with van der Waals surface area (Å²) >= 11 is 0. The van der Waals surface area contributed by atoms with E-state index >= 15 is 0 Å². The maximum Gasteiger partial charge on any atom is 0.0160 e. The molecule has 2 nitrogen and oxygen atoms in total. The van der Waals surface area contributed by atoms with Gasteiger partial charge in [0.2, 0.25) is 0 Å². The fourth-order valence-corrected chi connectivity index (χ4v) is 3.56. The SMILES string of the molecule is C[N-]c1cccc2ccc[c-]c12.[Pt].[c-]1cccc2c1-c1ncccc1CCC2. The van der Waals surface area contributed by atoms with Crippen LogP contribution in [0.5, 0.6) is 0 Å². The maximum absolute atomic E-state index is 4.49. The Morgan fingerprint density at radius 2 is 1.61 bits per heavy atom. The first-order valence-corrected chi connectivity index (χ1v) is 9.30. The third-order valence-corrected chi connectivity index (χ3v) is 4.88. The van der Waals surface area contributed by atoms with E-state index in [0.717, 1.165) is 29.6 Å². The standard InChI is InChI=1S/C14H12N.C11H9N.Pt/c1-2-9-13-11(5-1)6-3-7-12-8-4-10-15-14(12)13;1-12-11-8-4-6-9-5-2-3-7-10(9)11;/h1-2,4-5,8,10H,3,6-7H2;2-6,8H,1H3;/q-1;-2;. The number of aromatic nitrogens is 1. The molecule has 5 rings (SSSR count). The molecule has 144 valence electrons. The van der Waals surface area contributed by atoms with Gasteiger partial charge in [0, 0.05) is 27.3 Å². The second-order valence-corrected chi connectivity index (χ2v) is 6.57. The van der Waals surface area contributed by atoms with Crippen molar-refractivity contribution in [3.63, 3.8) is 0 Å². The molecule has 0 radical (unpaired) electrons. The molecule has 0 spiro atoms. The van der Waals surface area contributed by atoms with Gasteiger partial charge in [-0.05, 0) is 18.2 Å². The minimum Gasteiger partial charge on any atom is -0.730 e. The first-order valence-electron chi connectivity index (χ1n) is 9.30. The second-order valence-electron chi connectivity index (χ2n) is 6.57. The molecule has 1 aliphatic rings. The number of aryl methyl sites for hydroxylation is 2. The van der Waals surface area contributed by atoms with Crippen molar-refractivity contribution in [2.75, 3.05) is 7.05 Å². The Bertz CT molecular complexity index is 1010. The van der Waals surface area contributed by atoms with Crippen LogP contribution >= 0.6 is 0 Å². The smallest absolute Gasteiger partial charge is 0.0160 e. The fraction of sp³-hybridized carbons (Fsp3) is 0.160. The van der Waals surface area contributed by atoms with Crippen molar-refractivity contribution >= 4 is 16.5 Å². The largest absolute Gasteiger partial charge is 0.730 e. The average Bonchev–Trinajstić information content (AvgIpc) is 2.93. The Kier molecular flexibility index (Phi) is 7.00.